The van der Waals surface area contributed by atoms with E-state index in [0.29, 0.717) is 31.6 Å². The van der Waals surface area contributed by atoms with Crippen molar-refractivity contribution in [2.24, 2.45) is 0 Å². The van der Waals surface area contributed by atoms with Crippen molar-refractivity contribution in [1.29, 1.82) is 0 Å². The second-order valence-corrected chi connectivity index (χ2v) is 4.78. The van der Waals surface area contributed by atoms with Crippen LogP contribution in [0.3, 0.4) is 0 Å². The molecule has 0 amide bonds. The predicted molar refractivity (Wildman–Crippen MR) is 64.4 cm³/mol. The van der Waals surface area contributed by atoms with Gasteiger partial charge < -0.3 is 9.47 Å². The predicted octanol–water partition coefficient (Wildman–Crippen LogP) is 2.21. The molecule has 1 atom stereocenters. The summed E-state index contributed by atoms with van der Waals surface area (Å²) >= 11 is 3.10. The zero-order valence-corrected chi connectivity index (χ0v) is 11.2. The van der Waals surface area contributed by atoms with Gasteiger partial charge in [-0.05, 0) is 26.7 Å². The normalized spacial score (nSPS) is 11.7. The number of carbonyl (C=O) groups is 2. The SMILES string of the molecule is C=C(C)C(=O)OCCCCOC(=O)C(C)Br. The number of esters is 2. The maximum Gasteiger partial charge on any atom is 0.333 e. The quantitative estimate of drug-likeness (QED) is 0.312. The van der Waals surface area contributed by atoms with Gasteiger partial charge in [0.05, 0.1) is 13.2 Å². The fourth-order valence-electron chi connectivity index (χ4n) is 0.780. The summed E-state index contributed by atoms with van der Waals surface area (Å²) in [7, 11) is 0. The minimum atomic E-state index is -0.383. The fourth-order valence-corrected chi connectivity index (χ4v) is 0.912. The van der Waals surface area contributed by atoms with Gasteiger partial charge in [0.2, 0.25) is 0 Å². The highest BCUT2D eigenvalue weighted by molar-refractivity contribution is 9.10. The Morgan fingerprint density at radius 2 is 1.75 bits per heavy atom. The molecule has 0 aromatic carbocycles. The number of alkyl halides is 1. The van der Waals surface area contributed by atoms with Crippen molar-refractivity contribution in [3.05, 3.63) is 12.2 Å². The van der Waals surface area contributed by atoms with Crippen molar-refractivity contribution in [3.8, 4) is 0 Å². The number of unbranched alkanes of at least 4 members (excludes halogenated alkanes) is 1. The molecule has 0 bridgehead atoms. The maximum absolute atomic E-state index is 11.0. The van der Waals surface area contributed by atoms with Crippen molar-refractivity contribution in [3.63, 3.8) is 0 Å². The molecule has 0 aliphatic rings. The number of halogens is 1. The van der Waals surface area contributed by atoms with E-state index in [1.807, 2.05) is 0 Å². The van der Waals surface area contributed by atoms with Crippen LogP contribution >= 0.6 is 15.9 Å². The molecule has 5 heteroatoms. The third-order valence-corrected chi connectivity index (χ3v) is 2.06. The Kier molecular flexibility index (Phi) is 7.89. The minimum absolute atomic E-state index is 0.279. The molecular weight excluding hydrogens is 276 g/mol. The molecule has 0 fully saturated rings. The zero-order chi connectivity index (χ0) is 12.6. The Hall–Kier alpha value is -0.840. The molecule has 0 radical (unpaired) electrons. The van der Waals surface area contributed by atoms with Crippen LogP contribution in [-0.4, -0.2) is 30.0 Å². The van der Waals surface area contributed by atoms with Gasteiger partial charge in [0.25, 0.3) is 0 Å². The van der Waals surface area contributed by atoms with Crippen LogP contribution in [0.5, 0.6) is 0 Å². The highest BCUT2D eigenvalue weighted by Crippen LogP contribution is 2.01. The Morgan fingerprint density at radius 3 is 2.19 bits per heavy atom. The van der Waals surface area contributed by atoms with Crippen LogP contribution in [0.15, 0.2) is 12.2 Å². The lowest BCUT2D eigenvalue weighted by atomic mass is 10.3. The van der Waals surface area contributed by atoms with E-state index in [0.717, 1.165) is 0 Å². The van der Waals surface area contributed by atoms with Crippen LogP contribution < -0.4 is 0 Å². The number of hydrogen-bond acceptors (Lipinski definition) is 4. The third-order valence-electron chi connectivity index (χ3n) is 1.69. The first kappa shape index (κ1) is 15.2. The van der Waals surface area contributed by atoms with Crippen molar-refractivity contribution in [1.82, 2.24) is 0 Å². The second-order valence-electron chi connectivity index (χ2n) is 3.41. The molecule has 16 heavy (non-hydrogen) atoms. The lowest BCUT2D eigenvalue weighted by molar-refractivity contribution is -0.143. The van der Waals surface area contributed by atoms with E-state index in [1.165, 1.54) is 0 Å². The van der Waals surface area contributed by atoms with Crippen LogP contribution in [0.25, 0.3) is 0 Å². The molecule has 0 spiro atoms. The Morgan fingerprint density at radius 1 is 1.25 bits per heavy atom. The van der Waals surface area contributed by atoms with Gasteiger partial charge in [0, 0.05) is 5.57 Å². The van der Waals surface area contributed by atoms with Crippen molar-refractivity contribution >= 4 is 27.9 Å². The van der Waals surface area contributed by atoms with Gasteiger partial charge in [-0.25, -0.2) is 4.79 Å². The van der Waals surface area contributed by atoms with E-state index in [1.54, 1.807) is 13.8 Å². The van der Waals surface area contributed by atoms with Crippen LogP contribution in [0.1, 0.15) is 26.7 Å². The summed E-state index contributed by atoms with van der Waals surface area (Å²) in [4.78, 5) is 21.7. The highest BCUT2D eigenvalue weighted by Gasteiger charge is 2.09. The highest BCUT2D eigenvalue weighted by atomic mass is 79.9. The minimum Gasteiger partial charge on any atom is -0.465 e. The van der Waals surface area contributed by atoms with E-state index in [-0.39, 0.29) is 16.8 Å². The maximum atomic E-state index is 11.0. The smallest absolute Gasteiger partial charge is 0.333 e. The molecule has 92 valence electrons. The molecule has 0 aliphatic heterocycles. The molecule has 0 aromatic rings. The van der Waals surface area contributed by atoms with Crippen molar-refractivity contribution < 1.29 is 19.1 Å². The first-order valence-corrected chi connectivity index (χ1v) is 6.00. The molecule has 0 rings (SSSR count). The Balaban J connectivity index is 3.38. The van der Waals surface area contributed by atoms with Crippen molar-refractivity contribution in [2.45, 2.75) is 31.5 Å². The first-order chi connectivity index (χ1) is 7.45. The van der Waals surface area contributed by atoms with Crippen molar-refractivity contribution in [2.75, 3.05) is 13.2 Å². The summed E-state index contributed by atoms with van der Waals surface area (Å²) in [6.45, 7) is 7.44. The van der Waals surface area contributed by atoms with Gasteiger partial charge >= 0.3 is 11.9 Å². The molecule has 0 N–H and O–H groups in total. The summed E-state index contributed by atoms with van der Waals surface area (Å²) < 4.78 is 9.78. The zero-order valence-electron chi connectivity index (χ0n) is 9.62. The Bertz CT molecular complexity index is 261. The van der Waals surface area contributed by atoms with Gasteiger partial charge in [-0.3, -0.25) is 4.79 Å². The molecule has 0 saturated carbocycles. The van der Waals surface area contributed by atoms with Gasteiger partial charge in [-0.15, -0.1) is 0 Å². The molecule has 0 saturated heterocycles. The monoisotopic (exact) mass is 292 g/mol. The van der Waals surface area contributed by atoms with Gasteiger partial charge in [0.1, 0.15) is 4.83 Å². The van der Waals surface area contributed by atoms with Crippen LogP contribution in [0.2, 0.25) is 0 Å². The molecule has 4 nitrogen and oxygen atoms in total. The average Bonchev–Trinajstić information content (AvgIpc) is 2.21. The van der Waals surface area contributed by atoms with Gasteiger partial charge in [0.15, 0.2) is 0 Å². The fraction of sp³-hybridized carbons (Fsp3) is 0.636. The third kappa shape index (κ3) is 7.45. The van der Waals surface area contributed by atoms with Gasteiger partial charge in [-0.1, -0.05) is 22.5 Å². The van der Waals surface area contributed by atoms with Crippen LogP contribution in [0, 0.1) is 0 Å². The number of carbonyl (C=O) groups excluding carboxylic acids is 2. The van der Waals surface area contributed by atoms with E-state index >= 15 is 0 Å². The summed E-state index contributed by atoms with van der Waals surface area (Å²) in [6, 6.07) is 0. The number of rotatable bonds is 7. The average molecular weight is 293 g/mol. The standard InChI is InChI=1S/C11H17BrO4/c1-8(2)10(13)15-6-4-5-7-16-11(14)9(3)12/h9H,1,4-7H2,2-3H3. The summed E-state index contributed by atoms with van der Waals surface area (Å²) in [6.07, 6.45) is 1.35. The molecule has 0 heterocycles. The lowest BCUT2D eigenvalue weighted by Crippen LogP contribution is -2.15. The Labute approximate surface area is 104 Å². The van der Waals surface area contributed by atoms with Crippen LogP contribution in [0.4, 0.5) is 0 Å². The second kappa shape index (κ2) is 8.33. The van der Waals surface area contributed by atoms with E-state index in [2.05, 4.69) is 22.5 Å². The lowest BCUT2D eigenvalue weighted by Gasteiger charge is -2.06. The van der Waals surface area contributed by atoms with Gasteiger partial charge in [-0.2, -0.15) is 0 Å². The molecular formula is C11H17BrO4. The van der Waals surface area contributed by atoms with E-state index in [4.69, 9.17) is 9.47 Å². The summed E-state index contributed by atoms with van der Waals surface area (Å²) in [5.74, 6) is -0.662. The number of ether oxygens (including phenoxy) is 2. The van der Waals surface area contributed by atoms with E-state index < -0.39 is 0 Å². The molecule has 0 aromatic heterocycles. The first-order valence-electron chi connectivity index (χ1n) is 5.08. The van der Waals surface area contributed by atoms with E-state index in [9.17, 15) is 9.59 Å². The molecule has 1 unspecified atom stereocenters. The summed E-state index contributed by atoms with van der Waals surface area (Å²) in [5, 5.41) is 0. The largest absolute Gasteiger partial charge is 0.465 e. The topological polar surface area (TPSA) is 52.6 Å². The summed E-state index contributed by atoms with van der Waals surface area (Å²) in [5.41, 5.74) is 0.388. The van der Waals surface area contributed by atoms with Crippen LogP contribution in [-0.2, 0) is 19.1 Å². The molecule has 0 aliphatic carbocycles. The number of hydrogen-bond donors (Lipinski definition) is 0.